The first-order chi connectivity index (χ1) is 13.7. The summed E-state index contributed by atoms with van der Waals surface area (Å²) in [6, 6.07) is 4.43. The molecule has 2 aliphatic rings. The number of rotatable bonds is 4. The number of ether oxygens (including phenoxy) is 3. The van der Waals surface area contributed by atoms with E-state index in [0.29, 0.717) is 12.2 Å². The van der Waals surface area contributed by atoms with Crippen LogP contribution in [-0.2, 0) is 9.47 Å². The molecule has 1 fully saturated rings. The van der Waals surface area contributed by atoms with Gasteiger partial charge in [-0.3, -0.25) is 0 Å². The van der Waals surface area contributed by atoms with Crippen LogP contribution in [0, 0.1) is 11.8 Å². The number of phenols is 1. The summed E-state index contributed by atoms with van der Waals surface area (Å²) in [6.07, 6.45) is 3.00. The summed E-state index contributed by atoms with van der Waals surface area (Å²) in [5, 5.41) is 21.1. The van der Waals surface area contributed by atoms with E-state index in [-0.39, 0.29) is 34.9 Å². The molecule has 1 saturated heterocycles. The van der Waals surface area contributed by atoms with Crippen LogP contribution in [-0.4, -0.2) is 47.2 Å². The number of allylic oxidation sites excluding steroid dienone is 1. The SMILES string of the molecule is COc1ccc(C(=O)O[C@@H]2CC(C)=CCC[C@@]3(C)O[C@@H]3[C@H](O)[C@H]2C(C)C)cc1O. The van der Waals surface area contributed by atoms with Gasteiger partial charge >= 0.3 is 5.97 Å². The molecule has 0 aromatic heterocycles. The number of methoxy groups -OCH3 is 1. The van der Waals surface area contributed by atoms with Crippen molar-refractivity contribution in [2.75, 3.05) is 7.11 Å². The molecule has 1 heterocycles. The predicted octanol–water partition coefficient (Wildman–Crippen LogP) is 3.85. The largest absolute Gasteiger partial charge is 0.504 e. The molecule has 160 valence electrons. The van der Waals surface area contributed by atoms with Crippen molar-refractivity contribution in [2.24, 2.45) is 11.8 Å². The van der Waals surface area contributed by atoms with E-state index in [0.717, 1.165) is 18.4 Å². The van der Waals surface area contributed by atoms with Crippen LogP contribution < -0.4 is 4.74 Å². The summed E-state index contributed by atoms with van der Waals surface area (Å²) in [6.45, 7) is 8.11. The molecule has 0 radical (unpaired) electrons. The Labute approximate surface area is 172 Å². The summed E-state index contributed by atoms with van der Waals surface area (Å²) in [7, 11) is 1.45. The molecule has 29 heavy (non-hydrogen) atoms. The minimum atomic E-state index is -0.715. The van der Waals surface area contributed by atoms with Crippen LogP contribution in [0.3, 0.4) is 0 Å². The lowest BCUT2D eigenvalue weighted by Crippen LogP contribution is -2.43. The molecule has 2 N–H and O–H groups in total. The Kier molecular flexibility index (Phi) is 6.24. The van der Waals surface area contributed by atoms with Gasteiger partial charge in [-0.15, -0.1) is 0 Å². The van der Waals surface area contributed by atoms with Crippen LogP contribution in [0.25, 0.3) is 0 Å². The average molecular weight is 405 g/mol. The van der Waals surface area contributed by atoms with Crippen molar-refractivity contribution in [3.8, 4) is 11.5 Å². The Bertz CT molecular complexity index is 786. The molecule has 1 aliphatic heterocycles. The molecule has 6 heteroatoms. The number of phenolic OH excluding ortho intramolecular Hbond substituents is 1. The highest BCUT2D eigenvalue weighted by Gasteiger charge is 2.58. The van der Waals surface area contributed by atoms with Gasteiger partial charge in [0.1, 0.15) is 12.2 Å². The van der Waals surface area contributed by atoms with Gasteiger partial charge in [-0.1, -0.05) is 25.5 Å². The summed E-state index contributed by atoms with van der Waals surface area (Å²) >= 11 is 0. The first-order valence-electron chi connectivity index (χ1n) is 10.3. The van der Waals surface area contributed by atoms with E-state index in [1.54, 1.807) is 6.07 Å². The molecular formula is C23H32O6. The van der Waals surface area contributed by atoms with Gasteiger partial charge in [-0.05, 0) is 50.8 Å². The standard InChI is InChI=1S/C23H32O6/c1-13(2)19-18(28-22(26)15-8-9-17(27-5)16(24)12-15)11-14(3)7-6-10-23(4)21(29-23)20(19)25/h7-9,12-13,18-21,24-25H,6,10-11H2,1-5H3/t18-,19+,20-,21-,23-/m1/s1. The number of fused-ring (bicyclic) bond motifs is 1. The number of aliphatic hydroxyl groups excluding tert-OH is 1. The smallest absolute Gasteiger partial charge is 0.338 e. The lowest BCUT2D eigenvalue weighted by Gasteiger charge is -2.34. The minimum absolute atomic E-state index is 0.0905. The van der Waals surface area contributed by atoms with Crippen molar-refractivity contribution >= 4 is 5.97 Å². The third kappa shape index (κ3) is 4.59. The van der Waals surface area contributed by atoms with Crippen LogP contribution in [0.1, 0.15) is 57.3 Å². The second kappa shape index (κ2) is 8.36. The monoisotopic (exact) mass is 404 g/mol. The molecule has 1 aromatic carbocycles. The first kappa shape index (κ1) is 21.7. The van der Waals surface area contributed by atoms with Gasteiger partial charge in [0.15, 0.2) is 11.5 Å². The fraction of sp³-hybridized carbons (Fsp3) is 0.609. The molecule has 1 aliphatic carbocycles. The van der Waals surface area contributed by atoms with E-state index in [9.17, 15) is 15.0 Å². The van der Waals surface area contributed by atoms with Crippen LogP contribution in [0.4, 0.5) is 0 Å². The van der Waals surface area contributed by atoms with Crippen molar-refractivity contribution in [3.05, 3.63) is 35.4 Å². The minimum Gasteiger partial charge on any atom is -0.504 e. The Balaban J connectivity index is 1.87. The molecular weight excluding hydrogens is 372 g/mol. The maximum absolute atomic E-state index is 12.8. The molecule has 0 unspecified atom stereocenters. The van der Waals surface area contributed by atoms with E-state index in [4.69, 9.17) is 14.2 Å². The fourth-order valence-corrected chi connectivity index (χ4v) is 4.42. The zero-order chi connectivity index (χ0) is 21.3. The van der Waals surface area contributed by atoms with E-state index in [1.165, 1.54) is 19.2 Å². The lowest BCUT2D eigenvalue weighted by molar-refractivity contribution is -0.0419. The number of benzene rings is 1. The average Bonchev–Trinajstić information content (AvgIpc) is 3.32. The van der Waals surface area contributed by atoms with E-state index in [2.05, 4.69) is 6.08 Å². The maximum Gasteiger partial charge on any atom is 0.338 e. The molecule has 0 bridgehead atoms. The fourth-order valence-electron chi connectivity index (χ4n) is 4.42. The third-order valence-electron chi connectivity index (χ3n) is 6.17. The number of esters is 1. The molecule has 0 saturated carbocycles. The zero-order valence-corrected chi connectivity index (χ0v) is 17.8. The van der Waals surface area contributed by atoms with E-state index < -0.39 is 18.2 Å². The lowest BCUT2D eigenvalue weighted by atomic mass is 9.78. The second-order valence-electron chi connectivity index (χ2n) is 8.79. The number of carbonyl (C=O) groups is 1. The molecule has 0 spiro atoms. The third-order valence-corrected chi connectivity index (χ3v) is 6.17. The summed E-state index contributed by atoms with van der Waals surface area (Å²) in [4.78, 5) is 12.8. The van der Waals surface area contributed by atoms with Crippen molar-refractivity contribution in [3.63, 3.8) is 0 Å². The topological polar surface area (TPSA) is 88.5 Å². The number of carbonyl (C=O) groups excluding carboxylic acids is 1. The molecule has 1 aromatic rings. The molecule has 5 atom stereocenters. The predicted molar refractivity (Wildman–Crippen MR) is 109 cm³/mol. The Morgan fingerprint density at radius 3 is 2.69 bits per heavy atom. The molecule has 0 amide bonds. The molecule has 6 nitrogen and oxygen atoms in total. The highest BCUT2D eigenvalue weighted by Crippen LogP contribution is 2.47. The van der Waals surface area contributed by atoms with Crippen LogP contribution in [0.2, 0.25) is 0 Å². The number of aromatic hydroxyl groups is 1. The summed E-state index contributed by atoms with van der Waals surface area (Å²) in [5.41, 5.74) is 1.05. The number of epoxide rings is 1. The van der Waals surface area contributed by atoms with Crippen molar-refractivity contribution in [1.82, 2.24) is 0 Å². The first-order valence-corrected chi connectivity index (χ1v) is 10.3. The van der Waals surface area contributed by atoms with Crippen molar-refractivity contribution in [2.45, 2.75) is 70.9 Å². The quantitative estimate of drug-likeness (QED) is 0.450. The van der Waals surface area contributed by atoms with Crippen molar-refractivity contribution in [1.29, 1.82) is 0 Å². The Hall–Kier alpha value is -2.05. The highest BCUT2D eigenvalue weighted by atomic mass is 16.6. The number of hydrogen-bond acceptors (Lipinski definition) is 6. The normalized spacial score (nSPS) is 32.2. The highest BCUT2D eigenvalue weighted by molar-refractivity contribution is 5.90. The maximum atomic E-state index is 12.8. The Morgan fingerprint density at radius 2 is 2.07 bits per heavy atom. The zero-order valence-electron chi connectivity index (χ0n) is 17.8. The molecule has 3 rings (SSSR count). The number of aliphatic hydroxyl groups is 1. The van der Waals surface area contributed by atoms with Crippen LogP contribution in [0.15, 0.2) is 29.8 Å². The number of hydrogen-bond donors (Lipinski definition) is 2. The summed E-state index contributed by atoms with van der Waals surface area (Å²) < 4.78 is 16.8. The second-order valence-corrected chi connectivity index (χ2v) is 8.79. The van der Waals surface area contributed by atoms with E-state index >= 15 is 0 Å². The van der Waals surface area contributed by atoms with Gasteiger partial charge in [0.05, 0.1) is 24.4 Å². The van der Waals surface area contributed by atoms with Gasteiger partial charge in [0.25, 0.3) is 0 Å². The van der Waals surface area contributed by atoms with Crippen molar-refractivity contribution < 1.29 is 29.2 Å². The van der Waals surface area contributed by atoms with Crippen LogP contribution >= 0.6 is 0 Å². The van der Waals surface area contributed by atoms with Gasteiger partial charge in [-0.25, -0.2) is 4.79 Å². The summed E-state index contributed by atoms with van der Waals surface area (Å²) in [5.74, 6) is -0.534. The Morgan fingerprint density at radius 1 is 1.34 bits per heavy atom. The van der Waals surface area contributed by atoms with Gasteiger partial charge in [0, 0.05) is 12.3 Å². The van der Waals surface area contributed by atoms with Crippen LogP contribution in [0.5, 0.6) is 11.5 Å². The van der Waals surface area contributed by atoms with Gasteiger partial charge < -0.3 is 24.4 Å². The van der Waals surface area contributed by atoms with E-state index in [1.807, 2.05) is 27.7 Å². The van der Waals surface area contributed by atoms with Gasteiger partial charge in [-0.2, -0.15) is 0 Å². The van der Waals surface area contributed by atoms with Gasteiger partial charge in [0.2, 0.25) is 0 Å².